The number of benzene rings is 5. The Labute approximate surface area is 227 Å². The van der Waals surface area contributed by atoms with E-state index in [1.807, 2.05) is 6.07 Å². The summed E-state index contributed by atoms with van der Waals surface area (Å²) in [5.41, 5.74) is 2.02. The van der Waals surface area contributed by atoms with Gasteiger partial charge in [-0.25, -0.2) is 13.2 Å². The minimum absolute atomic E-state index is 0.0374. The molecular formula is C32H25NO5S. The maximum atomic E-state index is 14.2. The van der Waals surface area contributed by atoms with Gasteiger partial charge in [0, 0.05) is 16.3 Å². The van der Waals surface area contributed by atoms with E-state index >= 15 is 0 Å². The van der Waals surface area contributed by atoms with Gasteiger partial charge in [-0.05, 0) is 67.4 Å². The topological polar surface area (TPSA) is 80.8 Å². The van der Waals surface area contributed by atoms with E-state index in [0.29, 0.717) is 21.9 Å². The van der Waals surface area contributed by atoms with Crippen LogP contribution in [0.4, 0.5) is 5.69 Å². The molecular weight excluding hydrogens is 510 g/mol. The highest BCUT2D eigenvalue weighted by Crippen LogP contribution is 2.38. The first kappa shape index (κ1) is 25.9. The van der Waals surface area contributed by atoms with Crippen LogP contribution in [0, 0.1) is 13.8 Å². The average molecular weight is 536 g/mol. The van der Waals surface area contributed by atoms with Crippen LogP contribution in [-0.4, -0.2) is 20.3 Å². The largest absolute Gasteiger partial charge is 0.422 e. The third-order valence-corrected chi connectivity index (χ3v) is 8.20. The van der Waals surface area contributed by atoms with Crippen LogP contribution in [0.15, 0.2) is 120 Å². The summed E-state index contributed by atoms with van der Waals surface area (Å²) in [6.45, 7) is 3.49. The third kappa shape index (κ3) is 5.04. The maximum Gasteiger partial charge on any atom is 0.343 e. The molecule has 0 fully saturated rings. The zero-order chi connectivity index (χ0) is 27.6. The summed E-state index contributed by atoms with van der Waals surface area (Å²) >= 11 is 0. The Morgan fingerprint density at radius 2 is 1.26 bits per heavy atom. The van der Waals surface area contributed by atoms with Crippen LogP contribution >= 0.6 is 0 Å². The zero-order valence-corrected chi connectivity index (χ0v) is 22.2. The number of ether oxygens (including phenoxy) is 1. The van der Waals surface area contributed by atoms with Crippen molar-refractivity contribution in [2.24, 2.45) is 0 Å². The van der Waals surface area contributed by atoms with Gasteiger partial charge in [0.25, 0.3) is 15.9 Å². The van der Waals surface area contributed by atoms with Crippen molar-refractivity contribution in [3.8, 4) is 5.75 Å². The van der Waals surface area contributed by atoms with Gasteiger partial charge in [0.15, 0.2) is 0 Å². The Morgan fingerprint density at radius 3 is 1.92 bits per heavy atom. The van der Waals surface area contributed by atoms with Crippen LogP contribution < -0.4 is 9.04 Å². The summed E-state index contributed by atoms with van der Waals surface area (Å²) in [5, 5.41) is 0.926. The maximum absolute atomic E-state index is 14.2. The summed E-state index contributed by atoms with van der Waals surface area (Å²) in [6, 6.07) is 31.9. The molecule has 0 bridgehead atoms. The number of nitrogens with zero attached hydrogens (tertiary/aromatic N) is 1. The molecule has 0 N–H and O–H groups in total. The zero-order valence-electron chi connectivity index (χ0n) is 21.4. The molecule has 7 heteroatoms. The van der Waals surface area contributed by atoms with Crippen LogP contribution in [-0.2, 0) is 10.0 Å². The van der Waals surface area contributed by atoms with Crippen LogP contribution in [0.3, 0.4) is 0 Å². The van der Waals surface area contributed by atoms with Gasteiger partial charge < -0.3 is 4.74 Å². The van der Waals surface area contributed by atoms with Crippen molar-refractivity contribution >= 4 is 38.4 Å². The van der Waals surface area contributed by atoms with Crippen LogP contribution in [0.25, 0.3) is 10.8 Å². The van der Waals surface area contributed by atoms with Gasteiger partial charge in [0.2, 0.25) is 0 Å². The van der Waals surface area contributed by atoms with Crippen LogP contribution in [0.1, 0.15) is 31.8 Å². The highest BCUT2D eigenvalue weighted by atomic mass is 32.2. The van der Waals surface area contributed by atoms with E-state index in [0.717, 1.165) is 9.87 Å². The number of amides is 1. The molecule has 0 heterocycles. The van der Waals surface area contributed by atoms with E-state index in [1.165, 1.54) is 12.1 Å². The lowest BCUT2D eigenvalue weighted by molar-refractivity contribution is 0.0736. The number of fused-ring (bicyclic) bond motifs is 1. The number of anilines is 1. The van der Waals surface area contributed by atoms with E-state index in [4.69, 9.17) is 4.74 Å². The molecule has 194 valence electrons. The molecule has 6 nitrogen and oxygen atoms in total. The van der Waals surface area contributed by atoms with Gasteiger partial charge in [-0.15, -0.1) is 0 Å². The number of carbonyl (C=O) groups is 2. The molecule has 5 rings (SSSR count). The number of rotatable bonds is 6. The normalized spacial score (nSPS) is 11.2. The van der Waals surface area contributed by atoms with Crippen molar-refractivity contribution in [2.45, 2.75) is 18.7 Å². The highest BCUT2D eigenvalue weighted by molar-refractivity contribution is 7.93. The number of hydrogen-bond acceptors (Lipinski definition) is 5. The van der Waals surface area contributed by atoms with Gasteiger partial charge in [-0.3, -0.25) is 4.79 Å². The number of sulfonamides is 1. The molecule has 5 aromatic carbocycles. The Balaban J connectivity index is 1.70. The fourth-order valence-corrected chi connectivity index (χ4v) is 6.13. The predicted molar refractivity (Wildman–Crippen MR) is 152 cm³/mol. The first-order valence-electron chi connectivity index (χ1n) is 12.3. The average Bonchev–Trinajstić information content (AvgIpc) is 2.96. The second-order valence-electron chi connectivity index (χ2n) is 9.09. The summed E-state index contributed by atoms with van der Waals surface area (Å²) in [5.74, 6) is -0.996. The van der Waals surface area contributed by atoms with Crippen molar-refractivity contribution in [1.82, 2.24) is 0 Å². The minimum Gasteiger partial charge on any atom is -0.422 e. The van der Waals surface area contributed by atoms with Gasteiger partial charge >= 0.3 is 5.97 Å². The molecule has 39 heavy (non-hydrogen) atoms. The number of aryl methyl sites for hydroxylation is 2. The molecule has 0 spiro atoms. The van der Waals surface area contributed by atoms with Gasteiger partial charge in [0.1, 0.15) is 5.75 Å². The summed E-state index contributed by atoms with van der Waals surface area (Å²) in [4.78, 5) is 26.8. The van der Waals surface area contributed by atoms with Crippen LogP contribution in [0.2, 0.25) is 0 Å². The van der Waals surface area contributed by atoms with E-state index in [2.05, 4.69) is 0 Å². The minimum atomic E-state index is -4.35. The molecule has 0 aliphatic rings. The Bertz CT molecular complexity index is 1800. The molecule has 1 amide bonds. The van der Waals surface area contributed by atoms with Gasteiger partial charge in [0.05, 0.1) is 16.1 Å². The third-order valence-electron chi connectivity index (χ3n) is 6.36. The fraction of sp³-hybridized carbons (Fsp3) is 0.0625. The lowest BCUT2D eigenvalue weighted by atomic mass is 10.1. The van der Waals surface area contributed by atoms with Crippen molar-refractivity contribution in [2.75, 3.05) is 4.31 Å². The monoisotopic (exact) mass is 535 g/mol. The second kappa shape index (κ2) is 10.6. The van der Waals surface area contributed by atoms with E-state index in [1.54, 1.807) is 111 Å². The smallest absolute Gasteiger partial charge is 0.343 e. The van der Waals surface area contributed by atoms with Crippen molar-refractivity contribution in [1.29, 1.82) is 0 Å². The standard InChI is InChI=1S/C32H25NO5S/c1-22-17-18-23(2)30(21-22)39(36,37)33(31(34)24-11-5-3-6-12-24)28-19-20-29(27-16-10-9-15-26(27)28)38-32(35)25-13-7-4-8-14-25/h3-21H,1-2H3. The quantitative estimate of drug-likeness (QED) is 0.178. The first-order valence-corrected chi connectivity index (χ1v) is 13.7. The van der Waals surface area contributed by atoms with Gasteiger partial charge in [-0.2, -0.15) is 4.31 Å². The van der Waals surface area contributed by atoms with Crippen molar-refractivity contribution < 1.29 is 22.7 Å². The highest BCUT2D eigenvalue weighted by Gasteiger charge is 2.34. The SMILES string of the molecule is Cc1ccc(C)c(S(=O)(=O)N(C(=O)c2ccccc2)c2ccc(OC(=O)c3ccccc3)c3ccccc23)c1. The summed E-state index contributed by atoms with van der Waals surface area (Å²) in [6.07, 6.45) is 0. The summed E-state index contributed by atoms with van der Waals surface area (Å²) in [7, 11) is -4.35. The van der Waals surface area contributed by atoms with Crippen molar-refractivity contribution in [3.63, 3.8) is 0 Å². The van der Waals surface area contributed by atoms with Crippen molar-refractivity contribution in [3.05, 3.63) is 138 Å². The number of carbonyl (C=O) groups excluding carboxylic acids is 2. The lowest BCUT2D eigenvalue weighted by Gasteiger charge is -2.25. The number of hydrogen-bond donors (Lipinski definition) is 0. The molecule has 0 radical (unpaired) electrons. The number of esters is 1. The van der Waals surface area contributed by atoms with E-state index < -0.39 is 21.9 Å². The predicted octanol–water partition coefficient (Wildman–Crippen LogP) is 6.71. The lowest BCUT2D eigenvalue weighted by Crippen LogP contribution is -2.37. The van der Waals surface area contributed by atoms with Gasteiger partial charge in [-0.1, -0.05) is 72.8 Å². The Morgan fingerprint density at radius 1 is 0.667 bits per heavy atom. The molecule has 0 aromatic heterocycles. The molecule has 0 saturated carbocycles. The van der Waals surface area contributed by atoms with E-state index in [9.17, 15) is 18.0 Å². The molecule has 0 atom stereocenters. The first-order chi connectivity index (χ1) is 18.8. The fourth-order valence-electron chi connectivity index (χ4n) is 4.38. The molecule has 0 unspecified atom stereocenters. The molecule has 5 aromatic rings. The summed E-state index contributed by atoms with van der Waals surface area (Å²) < 4.78 is 35.0. The molecule has 0 aliphatic carbocycles. The Kier molecular flexibility index (Phi) is 7.00. The molecule has 0 saturated heterocycles. The van der Waals surface area contributed by atoms with E-state index in [-0.39, 0.29) is 21.9 Å². The second-order valence-corrected chi connectivity index (χ2v) is 10.8. The van der Waals surface area contributed by atoms with Crippen LogP contribution in [0.5, 0.6) is 5.75 Å². The molecule has 0 aliphatic heterocycles. The Hall–Kier alpha value is -4.75.